The van der Waals surface area contributed by atoms with Crippen LogP contribution in [-0.2, 0) is 16.3 Å². The van der Waals surface area contributed by atoms with Crippen molar-refractivity contribution in [2.45, 2.75) is 17.4 Å². The average Bonchev–Trinajstić information content (AvgIpc) is 2.74. The van der Waals surface area contributed by atoms with E-state index in [1.165, 1.54) is 36.4 Å². The van der Waals surface area contributed by atoms with Gasteiger partial charge in [0.15, 0.2) is 9.84 Å². The van der Waals surface area contributed by atoms with Crippen LogP contribution in [0.4, 0.5) is 4.39 Å². The molecule has 0 aliphatic heterocycles. The molecule has 0 saturated heterocycles. The van der Waals surface area contributed by atoms with Gasteiger partial charge < -0.3 is 10.1 Å². The van der Waals surface area contributed by atoms with Gasteiger partial charge in [0.2, 0.25) is 0 Å². The van der Waals surface area contributed by atoms with Crippen LogP contribution in [0, 0.1) is 5.82 Å². The first kappa shape index (κ1) is 21.5. The van der Waals surface area contributed by atoms with Gasteiger partial charge in [-0.3, -0.25) is 4.79 Å². The van der Waals surface area contributed by atoms with Gasteiger partial charge in [0.1, 0.15) is 11.6 Å². The summed E-state index contributed by atoms with van der Waals surface area (Å²) in [6, 6.07) is 18.9. The maximum Gasteiger partial charge on any atom is 0.251 e. The van der Waals surface area contributed by atoms with E-state index in [1.807, 2.05) is 12.1 Å². The van der Waals surface area contributed by atoms with Gasteiger partial charge in [-0.25, -0.2) is 12.8 Å². The molecule has 156 valence electrons. The van der Waals surface area contributed by atoms with Crippen molar-refractivity contribution in [3.05, 3.63) is 95.3 Å². The van der Waals surface area contributed by atoms with Gasteiger partial charge in [-0.1, -0.05) is 24.3 Å². The Hall–Kier alpha value is -3.19. The van der Waals surface area contributed by atoms with E-state index in [4.69, 9.17) is 4.74 Å². The minimum atomic E-state index is -3.34. The lowest BCUT2D eigenvalue weighted by atomic mass is 9.98. The monoisotopic (exact) mass is 427 g/mol. The van der Waals surface area contributed by atoms with E-state index in [9.17, 15) is 17.6 Å². The van der Waals surface area contributed by atoms with Crippen molar-refractivity contribution < 1.29 is 22.3 Å². The lowest BCUT2D eigenvalue weighted by Gasteiger charge is -2.20. The summed E-state index contributed by atoms with van der Waals surface area (Å²) in [6.07, 6.45) is 1.57. The molecule has 7 heteroatoms. The Morgan fingerprint density at radius 3 is 2.10 bits per heavy atom. The molecule has 1 unspecified atom stereocenters. The normalized spacial score (nSPS) is 12.2. The minimum Gasteiger partial charge on any atom is -0.497 e. The Morgan fingerprint density at radius 2 is 1.57 bits per heavy atom. The fourth-order valence-corrected chi connectivity index (χ4v) is 3.67. The predicted octanol–water partition coefficient (Wildman–Crippen LogP) is 3.95. The molecule has 0 fully saturated rings. The zero-order chi connectivity index (χ0) is 21.7. The Bertz CT molecular complexity index is 1110. The number of benzene rings is 3. The average molecular weight is 427 g/mol. The van der Waals surface area contributed by atoms with E-state index in [0.717, 1.165) is 17.4 Å². The molecule has 3 rings (SSSR count). The topological polar surface area (TPSA) is 72.5 Å². The van der Waals surface area contributed by atoms with Crippen molar-refractivity contribution in [1.82, 2.24) is 5.32 Å². The number of carbonyl (C=O) groups is 1. The highest BCUT2D eigenvalue weighted by molar-refractivity contribution is 7.90. The van der Waals surface area contributed by atoms with Crippen LogP contribution in [-0.4, -0.2) is 27.7 Å². The molecular formula is C23H22FNO4S. The molecule has 1 amide bonds. The fraction of sp³-hybridized carbons (Fsp3) is 0.174. The summed E-state index contributed by atoms with van der Waals surface area (Å²) < 4.78 is 41.7. The van der Waals surface area contributed by atoms with Crippen molar-refractivity contribution in [3.8, 4) is 5.75 Å². The summed E-state index contributed by atoms with van der Waals surface area (Å²) in [5.74, 6) is 0.0368. The number of sulfone groups is 1. The molecule has 5 nitrogen and oxygen atoms in total. The van der Waals surface area contributed by atoms with Crippen LogP contribution < -0.4 is 10.1 Å². The molecule has 0 aliphatic rings. The van der Waals surface area contributed by atoms with Crippen molar-refractivity contribution in [2.75, 3.05) is 13.4 Å². The highest BCUT2D eigenvalue weighted by Gasteiger charge is 2.18. The van der Waals surface area contributed by atoms with E-state index in [2.05, 4.69) is 5.32 Å². The van der Waals surface area contributed by atoms with Crippen LogP contribution in [0.5, 0.6) is 5.75 Å². The molecule has 0 bridgehead atoms. The quantitative estimate of drug-likeness (QED) is 0.620. The van der Waals surface area contributed by atoms with Gasteiger partial charge in [0, 0.05) is 11.8 Å². The predicted molar refractivity (Wildman–Crippen MR) is 113 cm³/mol. The largest absolute Gasteiger partial charge is 0.497 e. The molecule has 0 heterocycles. The Morgan fingerprint density at radius 1 is 0.967 bits per heavy atom. The maximum absolute atomic E-state index is 13.3. The molecule has 0 aliphatic carbocycles. The van der Waals surface area contributed by atoms with Crippen LogP contribution in [0.1, 0.15) is 27.5 Å². The third kappa shape index (κ3) is 5.45. The minimum absolute atomic E-state index is 0.150. The van der Waals surface area contributed by atoms with Crippen molar-refractivity contribution in [3.63, 3.8) is 0 Å². The lowest BCUT2D eigenvalue weighted by molar-refractivity contribution is 0.0936. The van der Waals surface area contributed by atoms with Gasteiger partial charge in [-0.15, -0.1) is 0 Å². The number of ether oxygens (including phenoxy) is 1. The first-order valence-electron chi connectivity index (χ1n) is 9.25. The highest BCUT2D eigenvalue weighted by Crippen LogP contribution is 2.22. The zero-order valence-corrected chi connectivity index (χ0v) is 17.4. The second-order valence-corrected chi connectivity index (χ2v) is 8.94. The fourth-order valence-electron chi connectivity index (χ4n) is 3.04. The Labute approximate surface area is 175 Å². The summed E-state index contributed by atoms with van der Waals surface area (Å²) in [4.78, 5) is 13.0. The van der Waals surface area contributed by atoms with Crippen LogP contribution in [0.2, 0.25) is 0 Å². The number of carbonyl (C=O) groups excluding carboxylic acids is 1. The molecule has 1 N–H and O–H groups in total. The first-order valence-corrected chi connectivity index (χ1v) is 11.1. The number of rotatable bonds is 7. The van der Waals surface area contributed by atoms with Crippen molar-refractivity contribution in [1.29, 1.82) is 0 Å². The van der Waals surface area contributed by atoms with Crippen LogP contribution in [0.3, 0.4) is 0 Å². The van der Waals surface area contributed by atoms with Crippen molar-refractivity contribution >= 4 is 15.7 Å². The number of hydrogen-bond acceptors (Lipinski definition) is 4. The standard InChI is InChI=1S/C23H22FNO4S/c1-29-20-11-5-17(6-12-20)22(15-16-3-9-19(24)10-4-16)25-23(26)18-7-13-21(14-8-18)30(2,27)28/h3-14,22H,15H2,1-2H3,(H,25,26). The van der Waals surface area contributed by atoms with E-state index < -0.39 is 9.84 Å². The number of nitrogens with one attached hydrogen (secondary N) is 1. The third-order valence-electron chi connectivity index (χ3n) is 4.72. The number of amides is 1. The highest BCUT2D eigenvalue weighted by atomic mass is 32.2. The van der Waals surface area contributed by atoms with E-state index in [0.29, 0.717) is 17.7 Å². The third-order valence-corrected chi connectivity index (χ3v) is 5.85. The molecule has 0 spiro atoms. The molecule has 0 aromatic heterocycles. The molecular weight excluding hydrogens is 405 g/mol. The van der Waals surface area contributed by atoms with Gasteiger partial charge in [-0.2, -0.15) is 0 Å². The molecule has 1 atom stereocenters. The molecule has 3 aromatic carbocycles. The maximum atomic E-state index is 13.3. The lowest BCUT2D eigenvalue weighted by Crippen LogP contribution is -2.30. The van der Waals surface area contributed by atoms with Gasteiger partial charge in [0.05, 0.1) is 18.0 Å². The van der Waals surface area contributed by atoms with Crippen LogP contribution in [0.25, 0.3) is 0 Å². The summed E-state index contributed by atoms with van der Waals surface area (Å²) in [6.45, 7) is 0. The van der Waals surface area contributed by atoms with E-state index >= 15 is 0 Å². The summed E-state index contributed by atoms with van der Waals surface area (Å²) >= 11 is 0. The van der Waals surface area contributed by atoms with Gasteiger partial charge in [0.25, 0.3) is 5.91 Å². The summed E-state index contributed by atoms with van der Waals surface area (Å²) in [7, 11) is -1.76. The van der Waals surface area contributed by atoms with Crippen LogP contribution >= 0.6 is 0 Å². The molecule has 3 aromatic rings. The second-order valence-electron chi connectivity index (χ2n) is 6.93. The smallest absolute Gasteiger partial charge is 0.251 e. The SMILES string of the molecule is COc1ccc(C(Cc2ccc(F)cc2)NC(=O)c2ccc(S(C)(=O)=O)cc2)cc1. The number of halogens is 1. The van der Waals surface area contributed by atoms with Gasteiger partial charge >= 0.3 is 0 Å². The van der Waals surface area contributed by atoms with E-state index in [1.54, 1.807) is 31.4 Å². The van der Waals surface area contributed by atoms with E-state index in [-0.39, 0.29) is 22.7 Å². The summed E-state index contributed by atoms with van der Waals surface area (Å²) in [5.41, 5.74) is 2.08. The molecule has 30 heavy (non-hydrogen) atoms. The number of hydrogen-bond donors (Lipinski definition) is 1. The number of methoxy groups -OCH3 is 1. The summed E-state index contributed by atoms with van der Waals surface area (Å²) in [5, 5.41) is 2.99. The Kier molecular flexibility index (Phi) is 6.52. The molecule has 0 radical (unpaired) electrons. The van der Waals surface area contributed by atoms with Crippen molar-refractivity contribution in [2.24, 2.45) is 0 Å². The second kappa shape index (κ2) is 9.09. The Balaban J connectivity index is 1.85. The molecule has 0 saturated carbocycles. The zero-order valence-electron chi connectivity index (χ0n) is 16.6. The first-order chi connectivity index (χ1) is 14.3. The van der Waals surface area contributed by atoms with Gasteiger partial charge in [-0.05, 0) is 66.1 Å². The van der Waals surface area contributed by atoms with Crippen LogP contribution in [0.15, 0.2) is 77.7 Å².